The van der Waals surface area contributed by atoms with E-state index in [9.17, 15) is 9.59 Å². The van der Waals surface area contributed by atoms with Gasteiger partial charge in [-0.05, 0) is 20.8 Å². The normalized spacial score (nSPS) is 11.2. The first-order chi connectivity index (χ1) is 7.32. The Hall–Kier alpha value is -1.85. The molecule has 0 aliphatic heterocycles. The van der Waals surface area contributed by atoms with Crippen molar-refractivity contribution < 1.29 is 14.6 Å². The number of ether oxygens (including phenoxy) is 1. The summed E-state index contributed by atoms with van der Waals surface area (Å²) in [6, 6.07) is 0. The lowest BCUT2D eigenvalue weighted by atomic mass is 10.1. The number of aliphatic carboxylic acids is 1. The molecule has 0 aromatic carbocycles. The van der Waals surface area contributed by atoms with Crippen LogP contribution in [-0.4, -0.2) is 27.2 Å². The summed E-state index contributed by atoms with van der Waals surface area (Å²) in [6.45, 7) is 5.00. The Balaban J connectivity index is 3.05. The number of carboxylic acids is 1. The second-order valence-electron chi connectivity index (χ2n) is 4.26. The summed E-state index contributed by atoms with van der Waals surface area (Å²) in [5.74, 6) is -1.34. The van der Waals surface area contributed by atoms with Gasteiger partial charge in [0, 0.05) is 17.9 Å². The van der Waals surface area contributed by atoms with Crippen LogP contribution in [0, 0.1) is 0 Å². The summed E-state index contributed by atoms with van der Waals surface area (Å²) in [5, 5.41) is 8.43. The first-order valence-electron chi connectivity index (χ1n) is 4.75. The molecule has 0 aliphatic rings. The van der Waals surface area contributed by atoms with Crippen LogP contribution in [0.2, 0.25) is 0 Å². The van der Waals surface area contributed by atoms with Crippen molar-refractivity contribution in [2.45, 2.75) is 26.3 Å². The third-order valence-corrected chi connectivity index (χ3v) is 1.86. The van der Waals surface area contributed by atoms with E-state index in [1.54, 1.807) is 0 Å². The van der Waals surface area contributed by atoms with Crippen molar-refractivity contribution in [1.29, 1.82) is 0 Å². The van der Waals surface area contributed by atoms with E-state index in [4.69, 9.17) is 9.84 Å². The SMILES string of the molecule is CC(C)(C)n1ccnc(OCC(=O)O)c1=O. The number of hydrogen-bond donors (Lipinski definition) is 1. The maximum atomic E-state index is 11.8. The van der Waals surface area contributed by atoms with Gasteiger partial charge in [-0.3, -0.25) is 4.79 Å². The van der Waals surface area contributed by atoms with Crippen molar-refractivity contribution in [1.82, 2.24) is 9.55 Å². The highest BCUT2D eigenvalue weighted by Gasteiger charge is 2.17. The third-order valence-electron chi connectivity index (χ3n) is 1.86. The fraction of sp³-hybridized carbons (Fsp3) is 0.500. The molecule has 1 heterocycles. The first-order valence-corrected chi connectivity index (χ1v) is 4.75. The zero-order valence-corrected chi connectivity index (χ0v) is 9.43. The summed E-state index contributed by atoms with van der Waals surface area (Å²) in [6.07, 6.45) is 2.94. The molecule has 0 fully saturated rings. The molecule has 0 spiro atoms. The highest BCUT2D eigenvalue weighted by molar-refractivity contribution is 5.68. The molecule has 1 rings (SSSR count). The Bertz CT molecular complexity index is 445. The Morgan fingerprint density at radius 1 is 1.56 bits per heavy atom. The highest BCUT2D eigenvalue weighted by Crippen LogP contribution is 2.11. The number of hydrogen-bond acceptors (Lipinski definition) is 4. The van der Waals surface area contributed by atoms with Gasteiger partial charge in [0.05, 0.1) is 0 Å². The number of rotatable bonds is 3. The quantitative estimate of drug-likeness (QED) is 0.809. The lowest BCUT2D eigenvalue weighted by molar-refractivity contribution is -0.139. The van der Waals surface area contributed by atoms with Gasteiger partial charge in [0.15, 0.2) is 6.61 Å². The zero-order chi connectivity index (χ0) is 12.3. The van der Waals surface area contributed by atoms with Crippen molar-refractivity contribution in [2.75, 3.05) is 6.61 Å². The first kappa shape index (κ1) is 12.2. The maximum absolute atomic E-state index is 11.8. The summed E-state index contributed by atoms with van der Waals surface area (Å²) in [7, 11) is 0. The van der Waals surface area contributed by atoms with Crippen LogP contribution >= 0.6 is 0 Å². The Morgan fingerprint density at radius 3 is 2.69 bits per heavy atom. The Kier molecular flexibility index (Phi) is 3.31. The average Bonchev–Trinajstić information content (AvgIpc) is 2.14. The van der Waals surface area contributed by atoms with Crippen molar-refractivity contribution in [3.63, 3.8) is 0 Å². The summed E-state index contributed by atoms with van der Waals surface area (Å²) < 4.78 is 6.23. The smallest absolute Gasteiger partial charge is 0.341 e. The van der Waals surface area contributed by atoms with E-state index in [1.807, 2.05) is 20.8 Å². The fourth-order valence-corrected chi connectivity index (χ4v) is 1.15. The van der Waals surface area contributed by atoms with Gasteiger partial charge < -0.3 is 14.4 Å². The van der Waals surface area contributed by atoms with Crippen LogP contribution in [0.3, 0.4) is 0 Å². The molecule has 1 N–H and O–H groups in total. The molecule has 16 heavy (non-hydrogen) atoms. The summed E-state index contributed by atoms with van der Waals surface area (Å²) >= 11 is 0. The molecular formula is C10H14N2O4. The standard InChI is InChI=1S/C10H14N2O4/c1-10(2,3)12-5-4-11-8(9(12)15)16-6-7(13)14/h4-5H,6H2,1-3H3,(H,13,14). The largest absolute Gasteiger partial charge is 0.479 e. The van der Waals surface area contributed by atoms with E-state index in [0.717, 1.165) is 0 Å². The number of aromatic nitrogens is 2. The number of nitrogens with zero attached hydrogens (tertiary/aromatic N) is 2. The van der Waals surface area contributed by atoms with Crippen molar-refractivity contribution in [2.24, 2.45) is 0 Å². The van der Waals surface area contributed by atoms with E-state index in [1.165, 1.54) is 17.0 Å². The monoisotopic (exact) mass is 226 g/mol. The van der Waals surface area contributed by atoms with Gasteiger partial charge in [-0.1, -0.05) is 0 Å². The zero-order valence-electron chi connectivity index (χ0n) is 9.43. The molecule has 6 nitrogen and oxygen atoms in total. The van der Waals surface area contributed by atoms with E-state index < -0.39 is 23.7 Å². The molecule has 0 radical (unpaired) electrons. The van der Waals surface area contributed by atoms with Crippen LogP contribution in [-0.2, 0) is 10.3 Å². The second-order valence-corrected chi connectivity index (χ2v) is 4.26. The van der Waals surface area contributed by atoms with E-state index in [2.05, 4.69) is 4.98 Å². The van der Waals surface area contributed by atoms with Gasteiger partial charge in [0.25, 0.3) is 5.88 Å². The molecule has 6 heteroatoms. The molecule has 1 aromatic heterocycles. The van der Waals surface area contributed by atoms with Crippen LogP contribution in [0.5, 0.6) is 5.88 Å². The summed E-state index contributed by atoms with van der Waals surface area (Å²) in [5.41, 5.74) is -0.835. The molecule has 0 atom stereocenters. The van der Waals surface area contributed by atoms with E-state index in [0.29, 0.717) is 0 Å². The van der Waals surface area contributed by atoms with Gasteiger partial charge in [0.1, 0.15) is 0 Å². The second kappa shape index (κ2) is 4.34. The Labute approximate surface area is 92.5 Å². The molecular weight excluding hydrogens is 212 g/mol. The minimum Gasteiger partial charge on any atom is -0.479 e. The third kappa shape index (κ3) is 2.82. The van der Waals surface area contributed by atoms with Crippen LogP contribution in [0.15, 0.2) is 17.2 Å². The minimum atomic E-state index is -1.15. The van der Waals surface area contributed by atoms with Gasteiger partial charge >= 0.3 is 11.5 Å². The van der Waals surface area contributed by atoms with Crippen molar-refractivity contribution in [3.8, 4) is 5.88 Å². The maximum Gasteiger partial charge on any atom is 0.341 e. The molecule has 0 aliphatic carbocycles. The molecule has 0 unspecified atom stereocenters. The predicted molar refractivity (Wildman–Crippen MR) is 56.6 cm³/mol. The van der Waals surface area contributed by atoms with Crippen molar-refractivity contribution in [3.05, 3.63) is 22.7 Å². The highest BCUT2D eigenvalue weighted by atomic mass is 16.5. The average molecular weight is 226 g/mol. The van der Waals surface area contributed by atoms with E-state index in [-0.39, 0.29) is 5.88 Å². The fourth-order valence-electron chi connectivity index (χ4n) is 1.15. The topological polar surface area (TPSA) is 81.4 Å². The molecule has 0 saturated heterocycles. The number of carboxylic acid groups (broad SMARTS) is 1. The van der Waals surface area contributed by atoms with Crippen LogP contribution in [0.1, 0.15) is 20.8 Å². The molecule has 88 valence electrons. The molecule has 0 bridgehead atoms. The van der Waals surface area contributed by atoms with Crippen LogP contribution in [0.25, 0.3) is 0 Å². The minimum absolute atomic E-state index is 0.195. The molecule has 0 saturated carbocycles. The molecule has 1 aromatic rings. The van der Waals surface area contributed by atoms with Gasteiger partial charge in [-0.2, -0.15) is 0 Å². The Morgan fingerprint density at radius 2 is 2.19 bits per heavy atom. The lowest BCUT2D eigenvalue weighted by Crippen LogP contribution is -2.34. The van der Waals surface area contributed by atoms with Crippen LogP contribution < -0.4 is 10.3 Å². The van der Waals surface area contributed by atoms with Gasteiger partial charge in [0.2, 0.25) is 0 Å². The van der Waals surface area contributed by atoms with Gasteiger partial charge in [-0.15, -0.1) is 0 Å². The van der Waals surface area contributed by atoms with E-state index >= 15 is 0 Å². The predicted octanol–water partition coefficient (Wildman–Crippen LogP) is 0.462. The van der Waals surface area contributed by atoms with Crippen LogP contribution in [0.4, 0.5) is 0 Å². The van der Waals surface area contributed by atoms with Crippen molar-refractivity contribution >= 4 is 5.97 Å². The summed E-state index contributed by atoms with van der Waals surface area (Å²) in [4.78, 5) is 25.8. The number of carbonyl (C=O) groups is 1. The van der Waals surface area contributed by atoms with Gasteiger partial charge in [-0.25, -0.2) is 9.78 Å². The lowest BCUT2D eigenvalue weighted by Gasteiger charge is -2.22. The molecule has 0 amide bonds.